The van der Waals surface area contributed by atoms with Crippen LogP contribution in [0.25, 0.3) is 11.1 Å². The van der Waals surface area contributed by atoms with E-state index < -0.39 is 0 Å². The predicted molar refractivity (Wildman–Crippen MR) is 68.0 cm³/mol. The SMILES string of the molecule is CCC(CN)Cc1ccc2c(c1)oc(=O)n2C. The zero-order valence-corrected chi connectivity index (χ0v) is 10.3. The highest BCUT2D eigenvalue weighted by atomic mass is 16.4. The average Bonchev–Trinajstić information content (AvgIpc) is 2.62. The van der Waals surface area contributed by atoms with Gasteiger partial charge in [-0.25, -0.2) is 4.79 Å². The lowest BCUT2D eigenvalue weighted by Crippen LogP contribution is -2.15. The summed E-state index contributed by atoms with van der Waals surface area (Å²) < 4.78 is 6.68. The molecule has 0 aliphatic heterocycles. The zero-order valence-electron chi connectivity index (χ0n) is 10.3. The van der Waals surface area contributed by atoms with Gasteiger partial charge in [0.2, 0.25) is 0 Å². The van der Waals surface area contributed by atoms with Crippen LogP contribution in [0.3, 0.4) is 0 Å². The number of aromatic nitrogens is 1. The smallest absolute Gasteiger partial charge is 0.408 e. The fraction of sp³-hybridized carbons (Fsp3) is 0.462. The number of fused-ring (bicyclic) bond motifs is 1. The molecule has 1 atom stereocenters. The molecular weight excluding hydrogens is 216 g/mol. The Hall–Kier alpha value is -1.55. The third-order valence-electron chi connectivity index (χ3n) is 3.29. The second kappa shape index (κ2) is 4.75. The molecule has 2 rings (SSSR count). The van der Waals surface area contributed by atoms with Crippen LogP contribution in [0.5, 0.6) is 0 Å². The van der Waals surface area contributed by atoms with E-state index in [-0.39, 0.29) is 5.76 Å². The lowest BCUT2D eigenvalue weighted by molar-refractivity contribution is 0.515. The van der Waals surface area contributed by atoms with Crippen LogP contribution in [-0.2, 0) is 13.5 Å². The van der Waals surface area contributed by atoms with Crippen LogP contribution in [0.4, 0.5) is 0 Å². The molecule has 0 radical (unpaired) electrons. The van der Waals surface area contributed by atoms with Crippen molar-refractivity contribution in [1.82, 2.24) is 4.57 Å². The molecule has 0 bridgehead atoms. The van der Waals surface area contributed by atoms with E-state index in [9.17, 15) is 4.79 Å². The van der Waals surface area contributed by atoms with Crippen LogP contribution in [0.1, 0.15) is 18.9 Å². The Morgan fingerprint density at radius 1 is 1.47 bits per heavy atom. The van der Waals surface area contributed by atoms with Gasteiger partial charge in [0.15, 0.2) is 5.58 Å². The maximum absolute atomic E-state index is 11.4. The summed E-state index contributed by atoms with van der Waals surface area (Å²) in [5.74, 6) is 0.172. The first-order valence-corrected chi connectivity index (χ1v) is 5.94. The van der Waals surface area contributed by atoms with E-state index in [0.29, 0.717) is 18.0 Å². The van der Waals surface area contributed by atoms with Crippen molar-refractivity contribution in [1.29, 1.82) is 0 Å². The van der Waals surface area contributed by atoms with Gasteiger partial charge in [-0.15, -0.1) is 0 Å². The number of nitrogens with two attached hydrogens (primary N) is 1. The molecule has 0 saturated carbocycles. The maximum Gasteiger partial charge on any atom is 0.419 e. The number of hydrogen-bond donors (Lipinski definition) is 1. The summed E-state index contributed by atoms with van der Waals surface area (Å²) in [7, 11) is 1.71. The first kappa shape index (κ1) is 11.9. The highest BCUT2D eigenvalue weighted by Crippen LogP contribution is 2.17. The van der Waals surface area contributed by atoms with Crippen LogP contribution in [-0.4, -0.2) is 11.1 Å². The first-order valence-electron chi connectivity index (χ1n) is 5.94. The van der Waals surface area contributed by atoms with Crippen molar-refractivity contribution in [3.05, 3.63) is 34.3 Å². The molecule has 0 saturated heterocycles. The van der Waals surface area contributed by atoms with E-state index in [1.54, 1.807) is 7.05 Å². The minimum absolute atomic E-state index is 0.317. The summed E-state index contributed by atoms with van der Waals surface area (Å²) in [4.78, 5) is 11.4. The van der Waals surface area contributed by atoms with Crippen molar-refractivity contribution in [2.45, 2.75) is 19.8 Å². The molecule has 92 valence electrons. The van der Waals surface area contributed by atoms with E-state index >= 15 is 0 Å². The fourth-order valence-electron chi connectivity index (χ4n) is 2.03. The van der Waals surface area contributed by atoms with Gasteiger partial charge in [-0.1, -0.05) is 19.4 Å². The monoisotopic (exact) mass is 234 g/mol. The third kappa shape index (κ3) is 2.26. The molecule has 4 nitrogen and oxygen atoms in total. The molecule has 1 aromatic carbocycles. The van der Waals surface area contributed by atoms with Crippen LogP contribution in [0.2, 0.25) is 0 Å². The van der Waals surface area contributed by atoms with Gasteiger partial charge in [0, 0.05) is 7.05 Å². The summed E-state index contributed by atoms with van der Waals surface area (Å²) >= 11 is 0. The topological polar surface area (TPSA) is 61.2 Å². The van der Waals surface area contributed by atoms with E-state index in [0.717, 1.165) is 18.4 Å². The Labute approximate surface area is 100 Å². The molecule has 0 aliphatic carbocycles. The van der Waals surface area contributed by atoms with Crippen molar-refractivity contribution < 1.29 is 4.42 Å². The molecule has 0 amide bonds. The van der Waals surface area contributed by atoms with Crippen molar-refractivity contribution in [2.75, 3.05) is 6.54 Å². The highest BCUT2D eigenvalue weighted by molar-refractivity contribution is 5.73. The van der Waals surface area contributed by atoms with Crippen molar-refractivity contribution in [3.8, 4) is 0 Å². The summed E-state index contributed by atoms with van der Waals surface area (Å²) in [6, 6.07) is 5.91. The maximum atomic E-state index is 11.4. The lowest BCUT2D eigenvalue weighted by Gasteiger charge is -2.11. The van der Waals surface area contributed by atoms with Crippen molar-refractivity contribution >= 4 is 11.1 Å². The second-order valence-electron chi connectivity index (χ2n) is 4.44. The first-order chi connectivity index (χ1) is 8.15. The molecule has 0 aliphatic rings. The number of aryl methyl sites for hydroxylation is 1. The van der Waals surface area contributed by atoms with E-state index in [2.05, 4.69) is 6.92 Å². The molecular formula is C13H18N2O2. The molecule has 2 aromatic rings. The van der Waals surface area contributed by atoms with Crippen molar-refractivity contribution in [2.24, 2.45) is 18.7 Å². The van der Waals surface area contributed by atoms with E-state index in [4.69, 9.17) is 10.2 Å². The average molecular weight is 234 g/mol. The largest absolute Gasteiger partial charge is 0.419 e. The van der Waals surface area contributed by atoms with Crippen LogP contribution < -0.4 is 11.5 Å². The van der Waals surface area contributed by atoms with Crippen LogP contribution in [0.15, 0.2) is 27.4 Å². The minimum Gasteiger partial charge on any atom is -0.408 e. The quantitative estimate of drug-likeness (QED) is 0.875. The molecule has 0 spiro atoms. The predicted octanol–water partition coefficient (Wildman–Crippen LogP) is 1.66. The number of rotatable bonds is 4. The molecule has 1 heterocycles. The van der Waals surface area contributed by atoms with E-state index in [1.807, 2.05) is 18.2 Å². The highest BCUT2D eigenvalue weighted by Gasteiger charge is 2.09. The Morgan fingerprint density at radius 3 is 2.88 bits per heavy atom. The summed E-state index contributed by atoms with van der Waals surface area (Å²) in [5.41, 5.74) is 8.35. The second-order valence-corrected chi connectivity index (χ2v) is 4.44. The number of nitrogens with zero attached hydrogens (tertiary/aromatic N) is 1. The standard InChI is InChI=1S/C13H18N2O2/c1-3-9(8-14)6-10-4-5-11-12(7-10)17-13(16)15(11)2/h4-5,7,9H,3,6,8,14H2,1-2H3. The summed E-state index contributed by atoms with van der Waals surface area (Å²) in [6.45, 7) is 2.83. The molecule has 1 aromatic heterocycles. The minimum atomic E-state index is -0.317. The summed E-state index contributed by atoms with van der Waals surface area (Å²) in [6.07, 6.45) is 1.99. The molecule has 4 heteroatoms. The zero-order chi connectivity index (χ0) is 12.4. The summed E-state index contributed by atoms with van der Waals surface area (Å²) in [5, 5.41) is 0. The van der Waals surface area contributed by atoms with Gasteiger partial charge in [-0.3, -0.25) is 4.57 Å². The van der Waals surface area contributed by atoms with Gasteiger partial charge in [-0.2, -0.15) is 0 Å². The van der Waals surface area contributed by atoms with Crippen LogP contribution >= 0.6 is 0 Å². The normalized spacial score (nSPS) is 13.1. The molecule has 1 unspecified atom stereocenters. The van der Waals surface area contributed by atoms with Gasteiger partial charge >= 0.3 is 5.76 Å². The number of hydrogen-bond acceptors (Lipinski definition) is 3. The number of oxazole rings is 1. The van der Waals surface area contributed by atoms with Crippen molar-refractivity contribution in [3.63, 3.8) is 0 Å². The third-order valence-corrected chi connectivity index (χ3v) is 3.29. The van der Waals surface area contributed by atoms with Gasteiger partial charge < -0.3 is 10.2 Å². The molecule has 17 heavy (non-hydrogen) atoms. The number of benzene rings is 1. The van der Waals surface area contributed by atoms with Gasteiger partial charge in [0.05, 0.1) is 5.52 Å². The Morgan fingerprint density at radius 2 is 2.24 bits per heavy atom. The van der Waals surface area contributed by atoms with E-state index in [1.165, 1.54) is 10.1 Å². The van der Waals surface area contributed by atoms with Gasteiger partial charge in [0.1, 0.15) is 0 Å². The molecule has 0 fully saturated rings. The Bertz CT molecular complexity index is 564. The van der Waals surface area contributed by atoms with Gasteiger partial charge in [-0.05, 0) is 36.6 Å². The fourth-order valence-corrected chi connectivity index (χ4v) is 2.03. The van der Waals surface area contributed by atoms with Gasteiger partial charge in [0.25, 0.3) is 0 Å². The Balaban J connectivity index is 2.35. The van der Waals surface area contributed by atoms with Crippen LogP contribution in [0, 0.1) is 5.92 Å². The Kier molecular flexibility index (Phi) is 3.33. The lowest BCUT2D eigenvalue weighted by atomic mass is 9.97. The molecule has 2 N–H and O–H groups in total.